The number of furan rings is 1. The molecule has 4 heteroatoms. The molecular formula is C10H10O4. The topological polar surface area (TPSA) is 67.5 Å². The molecule has 0 unspecified atom stereocenters. The minimum Gasteiger partial charge on any atom is -0.475 e. The van der Waals surface area contributed by atoms with Crippen molar-refractivity contribution in [1.82, 2.24) is 0 Å². The smallest absolute Gasteiger partial charge is 0.372 e. The summed E-state index contributed by atoms with van der Waals surface area (Å²) >= 11 is 0. The zero-order valence-corrected chi connectivity index (χ0v) is 7.79. The van der Waals surface area contributed by atoms with E-state index in [0.717, 1.165) is 6.42 Å². The second-order valence-corrected chi connectivity index (χ2v) is 3.44. The Morgan fingerprint density at radius 2 is 2.14 bits per heavy atom. The second-order valence-electron chi connectivity index (χ2n) is 3.44. The van der Waals surface area contributed by atoms with E-state index < -0.39 is 5.97 Å². The molecule has 1 aliphatic carbocycles. The van der Waals surface area contributed by atoms with Gasteiger partial charge in [0.2, 0.25) is 5.76 Å². The van der Waals surface area contributed by atoms with E-state index >= 15 is 0 Å². The molecule has 4 nitrogen and oxygen atoms in total. The molecule has 0 saturated heterocycles. The van der Waals surface area contributed by atoms with E-state index in [0.29, 0.717) is 29.7 Å². The average molecular weight is 194 g/mol. The highest BCUT2D eigenvalue weighted by Crippen LogP contribution is 2.29. The second kappa shape index (κ2) is 2.97. The van der Waals surface area contributed by atoms with Crippen molar-refractivity contribution in [2.24, 2.45) is 0 Å². The molecule has 14 heavy (non-hydrogen) atoms. The number of carbonyl (C=O) groups excluding carboxylic acids is 1. The standard InChI is InChI=1S/C10H10O4/c1-5-8-6(11)3-2-4-7(8)14-9(5)10(12)13/h2-4H2,1H3,(H,12,13). The predicted molar refractivity (Wildman–Crippen MR) is 47.7 cm³/mol. The van der Waals surface area contributed by atoms with E-state index in [9.17, 15) is 9.59 Å². The summed E-state index contributed by atoms with van der Waals surface area (Å²) in [6.45, 7) is 1.62. The fourth-order valence-corrected chi connectivity index (χ4v) is 1.85. The Morgan fingerprint density at radius 3 is 2.71 bits per heavy atom. The first-order chi connectivity index (χ1) is 6.61. The minimum absolute atomic E-state index is 0.000000000000000444. The molecule has 0 aromatic carbocycles. The van der Waals surface area contributed by atoms with E-state index in [1.165, 1.54) is 0 Å². The predicted octanol–water partition coefficient (Wildman–Crippen LogP) is 1.81. The van der Waals surface area contributed by atoms with E-state index in [2.05, 4.69) is 0 Å². The molecule has 1 aromatic heterocycles. The van der Waals surface area contributed by atoms with Gasteiger partial charge in [-0.3, -0.25) is 4.79 Å². The molecular weight excluding hydrogens is 184 g/mol. The molecule has 0 bridgehead atoms. The van der Waals surface area contributed by atoms with E-state index in [-0.39, 0.29) is 11.5 Å². The van der Waals surface area contributed by atoms with E-state index in [4.69, 9.17) is 9.52 Å². The summed E-state index contributed by atoms with van der Waals surface area (Å²) in [5.74, 6) is -0.661. The summed E-state index contributed by atoms with van der Waals surface area (Å²) in [7, 11) is 0. The van der Waals surface area contributed by atoms with Gasteiger partial charge < -0.3 is 9.52 Å². The number of ketones is 1. The third-order valence-electron chi connectivity index (χ3n) is 2.50. The summed E-state index contributed by atoms with van der Waals surface area (Å²) in [5, 5.41) is 8.80. The van der Waals surface area contributed by atoms with Crippen LogP contribution in [0.25, 0.3) is 0 Å². The van der Waals surface area contributed by atoms with Gasteiger partial charge in [-0.05, 0) is 13.3 Å². The van der Waals surface area contributed by atoms with Gasteiger partial charge in [-0.2, -0.15) is 0 Å². The highest BCUT2D eigenvalue weighted by atomic mass is 16.4. The van der Waals surface area contributed by atoms with Crippen molar-refractivity contribution in [2.45, 2.75) is 26.2 Å². The maximum Gasteiger partial charge on any atom is 0.372 e. The van der Waals surface area contributed by atoms with Gasteiger partial charge in [-0.1, -0.05) is 0 Å². The van der Waals surface area contributed by atoms with Gasteiger partial charge in [0.25, 0.3) is 0 Å². The number of aryl methyl sites for hydroxylation is 1. The highest BCUT2D eigenvalue weighted by Gasteiger charge is 2.28. The summed E-state index contributed by atoms with van der Waals surface area (Å²) < 4.78 is 5.15. The summed E-state index contributed by atoms with van der Waals surface area (Å²) in [5.41, 5.74) is 0.964. The Labute approximate surface area is 80.5 Å². The summed E-state index contributed by atoms with van der Waals surface area (Å²) in [6, 6.07) is 0. The molecule has 1 N–H and O–H groups in total. The lowest BCUT2D eigenvalue weighted by Gasteiger charge is -2.07. The van der Waals surface area contributed by atoms with Crippen LogP contribution in [0, 0.1) is 6.92 Å². The van der Waals surface area contributed by atoms with Gasteiger partial charge >= 0.3 is 5.97 Å². The molecule has 1 aliphatic rings. The van der Waals surface area contributed by atoms with Crippen LogP contribution in [-0.4, -0.2) is 16.9 Å². The van der Waals surface area contributed by atoms with Crippen molar-refractivity contribution in [2.75, 3.05) is 0 Å². The van der Waals surface area contributed by atoms with Crippen LogP contribution in [0.4, 0.5) is 0 Å². The Hall–Kier alpha value is -1.58. The van der Waals surface area contributed by atoms with Crippen LogP contribution in [-0.2, 0) is 6.42 Å². The molecule has 0 aliphatic heterocycles. The van der Waals surface area contributed by atoms with Gasteiger partial charge in [0, 0.05) is 18.4 Å². The first-order valence-corrected chi connectivity index (χ1v) is 4.50. The molecule has 1 aromatic rings. The van der Waals surface area contributed by atoms with Gasteiger partial charge in [-0.25, -0.2) is 4.79 Å². The number of carboxylic acids is 1. The third kappa shape index (κ3) is 1.14. The average Bonchev–Trinajstić information content (AvgIpc) is 2.45. The number of Topliss-reactive ketones (excluding diaryl/α,β-unsaturated/α-hetero) is 1. The van der Waals surface area contributed by atoms with Crippen LogP contribution in [0.2, 0.25) is 0 Å². The minimum atomic E-state index is -1.11. The molecule has 0 atom stereocenters. The van der Waals surface area contributed by atoms with Crippen molar-refractivity contribution in [3.63, 3.8) is 0 Å². The number of carboxylic acid groups (broad SMARTS) is 1. The number of hydrogen-bond donors (Lipinski definition) is 1. The van der Waals surface area contributed by atoms with Gasteiger partial charge in [0.1, 0.15) is 5.76 Å². The maximum atomic E-state index is 11.5. The highest BCUT2D eigenvalue weighted by molar-refractivity contribution is 6.02. The Morgan fingerprint density at radius 1 is 1.43 bits per heavy atom. The Bertz CT molecular complexity index is 414. The number of rotatable bonds is 1. The molecule has 0 saturated carbocycles. The van der Waals surface area contributed by atoms with Crippen molar-refractivity contribution in [3.05, 3.63) is 22.6 Å². The van der Waals surface area contributed by atoms with Crippen molar-refractivity contribution in [1.29, 1.82) is 0 Å². The van der Waals surface area contributed by atoms with Crippen LogP contribution in [0.3, 0.4) is 0 Å². The molecule has 1 heterocycles. The quantitative estimate of drug-likeness (QED) is 0.740. The molecule has 0 fully saturated rings. The van der Waals surface area contributed by atoms with Gasteiger partial charge in [0.05, 0.1) is 5.56 Å². The fourth-order valence-electron chi connectivity index (χ4n) is 1.85. The third-order valence-corrected chi connectivity index (χ3v) is 2.50. The monoisotopic (exact) mass is 194 g/mol. The first kappa shape index (κ1) is 8.99. The molecule has 0 spiro atoms. The number of fused-ring (bicyclic) bond motifs is 1. The molecule has 0 radical (unpaired) electrons. The SMILES string of the molecule is Cc1c(C(=O)O)oc2c1C(=O)CCC2. The van der Waals surface area contributed by atoms with E-state index in [1.807, 2.05) is 0 Å². The summed E-state index contributed by atoms with van der Waals surface area (Å²) in [4.78, 5) is 22.2. The van der Waals surface area contributed by atoms with Crippen molar-refractivity contribution >= 4 is 11.8 Å². The number of carbonyl (C=O) groups is 2. The lowest BCUT2D eigenvalue weighted by atomic mass is 9.94. The van der Waals surface area contributed by atoms with Gasteiger partial charge in [0.15, 0.2) is 5.78 Å². The first-order valence-electron chi connectivity index (χ1n) is 4.50. The number of aromatic carboxylic acids is 1. The number of hydrogen-bond acceptors (Lipinski definition) is 3. The molecule has 0 amide bonds. The molecule has 74 valence electrons. The van der Waals surface area contributed by atoms with Crippen LogP contribution in [0.1, 0.15) is 45.1 Å². The van der Waals surface area contributed by atoms with Crippen LogP contribution in [0.5, 0.6) is 0 Å². The molecule has 2 rings (SSSR count). The summed E-state index contributed by atoms with van der Waals surface area (Å²) in [6.07, 6.45) is 1.90. The zero-order chi connectivity index (χ0) is 10.3. The van der Waals surface area contributed by atoms with Crippen molar-refractivity contribution in [3.8, 4) is 0 Å². The maximum absolute atomic E-state index is 11.5. The fraction of sp³-hybridized carbons (Fsp3) is 0.400. The van der Waals surface area contributed by atoms with E-state index in [1.54, 1.807) is 6.92 Å². The van der Waals surface area contributed by atoms with Gasteiger partial charge in [-0.15, -0.1) is 0 Å². The van der Waals surface area contributed by atoms with Crippen molar-refractivity contribution < 1.29 is 19.1 Å². The van der Waals surface area contributed by atoms with Crippen LogP contribution in [0.15, 0.2) is 4.42 Å². The largest absolute Gasteiger partial charge is 0.475 e. The normalized spacial score (nSPS) is 15.4. The van der Waals surface area contributed by atoms with Crippen LogP contribution < -0.4 is 0 Å². The lowest BCUT2D eigenvalue weighted by Crippen LogP contribution is -2.09. The lowest BCUT2D eigenvalue weighted by molar-refractivity contribution is 0.0658. The Balaban J connectivity index is 2.60. The van der Waals surface area contributed by atoms with Crippen LogP contribution >= 0.6 is 0 Å². The Kier molecular flexibility index (Phi) is 1.91. The zero-order valence-electron chi connectivity index (χ0n) is 7.79.